The number of anilines is 1. The molecular formula is C23H28N2O4. The number of benzene rings is 2. The quantitative estimate of drug-likeness (QED) is 0.625. The Labute approximate surface area is 171 Å². The van der Waals surface area contributed by atoms with E-state index in [4.69, 9.17) is 4.74 Å². The van der Waals surface area contributed by atoms with E-state index in [1.54, 1.807) is 12.1 Å². The fourth-order valence-corrected chi connectivity index (χ4v) is 2.99. The molecule has 2 rings (SSSR count). The number of hydrogen-bond acceptors (Lipinski definition) is 5. The Kier molecular flexibility index (Phi) is 8.40. The molecule has 0 fully saturated rings. The van der Waals surface area contributed by atoms with Crippen LogP contribution in [0, 0.1) is 0 Å². The molecule has 1 N–H and O–H groups in total. The van der Waals surface area contributed by atoms with E-state index >= 15 is 0 Å². The minimum absolute atomic E-state index is 0.152. The monoisotopic (exact) mass is 396 g/mol. The fourth-order valence-electron chi connectivity index (χ4n) is 2.99. The summed E-state index contributed by atoms with van der Waals surface area (Å²) in [6.07, 6.45) is 0.392. The van der Waals surface area contributed by atoms with Crippen molar-refractivity contribution in [1.82, 2.24) is 5.32 Å². The van der Waals surface area contributed by atoms with Crippen molar-refractivity contribution in [3.05, 3.63) is 65.7 Å². The van der Waals surface area contributed by atoms with Crippen LogP contribution in [0.25, 0.3) is 0 Å². The highest BCUT2D eigenvalue weighted by atomic mass is 16.5. The number of rotatable bonds is 10. The van der Waals surface area contributed by atoms with Crippen LogP contribution in [0.3, 0.4) is 0 Å². The zero-order valence-electron chi connectivity index (χ0n) is 17.2. The summed E-state index contributed by atoms with van der Waals surface area (Å²) in [5.41, 5.74) is 2.34. The number of amides is 1. The van der Waals surface area contributed by atoms with Gasteiger partial charge >= 0.3 is 5.97 Å². The third-order valence-electron chi connectivity index (χ3n) is 4.67. The summed E-state index contributed by atoms with van der Waals surface area (Å²) in [4.78, 5) is 38.4. The van der Waals surface area contributed by atoms with Crippen LogP contribution in [0.15, 0.2) is 54.6 Å². The van der Waals surface area contributed by atoms with E-state index < -0.39 is 24.5 Å². The highest BCUT2D eigenvalue weighted by molar-refractivity contribution is 5.93. The normalized spacial score (nSPS) is 11.4. The van der Waals surface area contributed by atoms with Crippen LogP contribution in [-0.2, 0) is 20.7 Å². The predicted octanol–water partition coefficient (Wildman–Crippen LogP) is 3.01. The van der Waals surface area contributed by atoms with Crippen molar-refractivity contribution in [1.29, 1.82) is 0 Å². The smallest absolute Gasteiger partial charge is 0.338 e. The Morgan fingerprint density at radius 1 is 0.966 bits per heavy atom. The van der Waals surface area contributed by atoms with E-state index in [1.165, 1.54) is 6.92 Å². The summed E-state index contributed by atoms with van der Waals surface area (Å²) in [6.45, 7) is 6.88. The lowest BCUT2D eigenvalue weighted by Crippen LogP contribution is -2.43. The second-order valence-corrected chi connectivity index (χ2v) is 6.72. The summed E-state index contributed by atoms with van der Waals surface area (Å²) in [6, 6.07) is 15.8. The molecule has 0 aliphatic carbocycles. The van der Waals surface area contributed by atoms with Gasteiger partial charge < -0.3 is 15.0 Å². The molecule has 0 radical (unpaired) electrons. The lowest BCUT2D eigenvalue weighted by Gasteiger charge is -2.21. The van der Waals surface area contributed by atoms with Crippen LogP contribution in [0.5, 0.6) is 0 Å². The molecule has 2 aromatic carbocycles. The maximum atomic E-state index is 12.2. The van der Waals surface area contributed by atoms with Crippen molar-refractivity contribution in [2.45, 2.75) is 33.2 Å². The molecule has 0 heterocycles. The molecule has 0 unspecified atom stereocenters. The molecule has 1 atom stereocenters. The van der Waals surface area contributed by atoms with Gasteiger partial charge in [-0.05, 0) is 57.0 Å². The summed E-state index contributed by atoms with van der Waals surface area (Å²) < 4.78 is 5.10. The molecular weight excluding hydrogens is 368 g/mol. The van der Waals surface area contributed by atoms with Gasteiger partial charge in [-0.25, -0.2) is 4.79 Å². The first-order valence-corrected chi connectivity index (χ1v) is 9.80. The third-order valence-corrected chi connectivity index (χ3v) is 4.67. The number of nitrogens with zero attached hydrogens (tertiary/aromatic N) is 1. The average Bonchev–Trinajstić information content (AvgIpc) is 2.73. The molecule has 0 aromatic heterocycles. The standard InChI is InChI=1S/C23H28N2O4/c1-4-25(5-2)20-13-11-19(12-14-20)23(28)29-16-22(27)24-21(17(3)26)15-18-9-7-6-8-10-18/h6-14,21H,4-5,15-16H2,1-3H3,(H,24,27)/t21-/m0/s1. The maximum Gasteiger partial charge on any atom is 0.338 e. The van der Waals surface area contributed by atoms with E-state index in [2.05, 4.69) is 24.1 Å². The first-order chi connectivity index (χ1) is 13.9. The van der Waals surface area contributed by atoms with Crippen LogP contribution in [0.2, 0.25) is 0 Å². The SMILES string of the molecule is CCN(CC)c1ccc(C(=O)OCC(=O)N[C@@H](Cc2ccccc2)C(C)=O)cc1. The Morgan fingerprint density at radius 3 is 2.14 bits per heavy atom. The van der Waals surface area contributed by atoms with Crippen molar-refractivity contribution in [3.63, 3.8) is 0 Å². The number of Topliss-reactive ketones (excluding diaryl/α,β-unsaturated/α-hetero) is 1. The zero-order chi connectivity index (χ0) is 21.2. The van der Waals surface area contributed by atoms with Crippen LogP contribution in [-0.4, -0.2) is 43.4 Å². The number of ether oxygens (including phenoxy) is 1. The molecule has 0 saturated heterocycles. The van der Waals surface area contributed by atoms with Gasteiger partial charge in [0.05, 0.1) is 11.6 Å². The third kappa shape index (κ3) is 6.75. The molecule has 154 valence electrons. The summed E-state index contributed by atoms with van der Waals surface area (Å²) in [5, 5.41) is 2.64. The Morgan fingerprint density at radius 2 is 1.59 bits per heavy atom. The van der Waals surface area contributed by atoms with Gasteiger partial charge in [0.2, 0.25) is 0 Å². The van der Waals surface area contributed by atoms with Crippen molar-refractivity contribution in [2.75, 3.05) is 24.6 Å². The predicted molar refractivity (Wildman–Crippen MR) is 113 cm³/mol. The van der Waals surface area contributed by atoms with E-state index in [0.29, 0.717) is 12.0 Å². The largest absolute Gasteiger partial charge is 0.452 e. The van der Waals surface area contributed by atoms with Gasteiger partial charge in [-0.1, -0.05) is 30.3 Å². The first kappa shape index (κ1) is 22.1. The minimum atomic E-state index is -0.656. The summed E-state index contributed by atoms with van der Waals surface area (Å²) in [5.74, 6) is -1.23. The summed E-state index contributed by atoms with van der Waals surface area (Å²) in [7, 11) is 0. The lowest BCUT2D eigenvalue weighted by atomic mass is 10.0. The second-order valence-electron chi connectivity index (χ2n) is 6.72. The van der Waals surface area contributed by atoms with Crippen molar-refractivity contribution in [2.24, 2.45) is 0 Å². The van der Waals surface area contributed by atoms with Gasteiger partial charge in [0.25, 0.3) is 5.91 Å². The van der Waals surface area contributed by atoms with E-state index in [0.717, 1.165) is 24.3 Å². The second kappa shape index (κ2) is 11.0. The lowest BCUT2D eigenvalue weighted by molar-refractivity contribution is -0.128. The molecule has 6 heteroatoms. The van der Waals surface area contributed by atoms with Crippen LogP contribution in [0.1, 0.15) is 36.7 Å². The van der Waals surface area contributed by atoms with E-state index in [-0.39, 0.29) is 5.78 Å². The zero-order valence-corrected chi connectivity index (χ0v) is 17.2. The molecule has 2 aromatic rings. The van der Waals surface area contributed by atoms with Crippen LogP contribution < -0.4 is 10.2 Å². The maximum absolute atomic E-state index is 12.2. The molecule has 0 bridgehead atoms. The highest BCUT2D eigenvalue weighted by Gasteiger charge is 2.19. The van der Waals surface area contributed by atoms with Gasteiger partial charge in [0, 0.05) is 18.8 Å². The number of hydrogen-bond donors (Lipinski definition) is 1. The molecule has 0 spiro atoms. The molecule has 0 aliphatic heterocycles. The van der Waals surface area contributed by atoms with Gasteiger partial charge in [-0.15, -0.1) is 0 Å². The van der Waals surface area contributed by atoms with Crippen molar-refractivity contribution in [3.8, 4) is 0 Å². The Balaban J connectivity index is 1.88. The Bertz CT molecular complexity index is 815. The van der Waals surface area contributed by atoms with Crippen molar-refractivity contribution >= 4 is 23.3 Å². The van der Waals surface area contributed by atoms with Gasteiger partial charge in [-0.3, -0.25) is 9.59 Å². The molecule has 1 amide bonds. The highest BCUT2D eigenvalue weighted by Crippen LogP contribution is 2.15. The number of carbonyl (C=O) groups is 3. The Hall–Kier alpha value is -3.15. The average molecular weight is 396 g/mol. The fraction of sp³-hybridized carbons (Fsp3) is 0.348. The van der Waals surface area contributed by atoms with Crippen LogP contribution >= 0.6 is 0 Å². The molecule has 6 nitrogen and oxygen atoms in total. The summed E-state index contributed by atoms with van der Waals surface area (Å²) >= 11 is 0. The van der Waals surface area contributed by atoms with Gasteiger partial charge in [0.15, 0.2) is 12.4 Å². The molecule has 0 aliphatic rings. The first-order valence-electron chi connectivity index (χ1n) is 9.80. The molecule has 29 heavy (non-hydrogen) atoms. The minimum Gasteiger partial charge on any atom is -0.452 e. The van der Waals surface area contributed by atoms with Crippen molar-refractivity contribution < 1.29 is 19.1 Å². The van der Waals surface area contributed by atoms with Gasteiger partial charge in [-0.2, -0.15) is 0 Å². The van der Waals surface area contributed by atoms with E-state index in [9.17, 15) is 14.4 Å². The molecule has 0 saturated carbocycles. The number of esters is 1. The number of carbonyl (C=O) groups excluding carboxylic acids is 3. The number of ketones is 1. The van der Waals surface area contributed by atoms with Gasteiger partial charge in [0.1, 0.15) is 0 Å². The van der Waals surface area contributed by atoms with E-state index in [1.807, 2.05) is 42.5 Å². The number of nitrogens with one attached hydrogen (secondary N) is 1. The van der Waals surface area contributed by atoms with Crippen LogP contribution in [0.4, 0.5) is 5.69 Å². The topological polar surface area (TPSA) is 75.7 Å².